The Balaban J connectivity index is 1.27. The van der Waals surface area contributed by atoms with Crippen molar-refractivity contribution < 1.29 is 22.8 Å². The van der Waals surface area contributed by atoms with E-state index in [9.17, 15) is 18.4 Å². The molecular formula is C25H25F2N3O3. The van der Waals surface area contributed by atoms with E-state index in [2.05, 4.69) is 10.3 Å². The first-order chi connectivity index (χ1) is 16.0. The monoisotopic (exact) mass is 453 g/mol. The number of aryl methyl sites for hydroxylation is 1. The predicted octanol–water partition coefficient (Wildman–Crippen LogP) is 4.49. The molecule has 3 aromatic rings. The number of hydrogen-bond donors (Lipinski definition) is 1. The molecule has 1 N–H and O–H groups in total. The Morgan fingerprint density at radius 3 is 2.42 bits per heavy atom. The summed E-state index contributed by atoms with van der Waals surface area (Å²) in [5.41, 5.74) is 2.50. The molecule has 1 saturated heterocycles. The summed E-state index contributed by atoms with van der Waals surface area (Å²) in [6.07, 6.45) is 5.07. The molecule has 33 heavy (non-hydrogen) atoms. The van der Waals surface area contributed by atoms with Crippen molar-refractivity contribution in [3.05, 3.63) is 77.2 Å². The molecule has 4 rings (SSSR count). The molecule has 0 spiro atoms. The average Bonchev–Trinajstić information content (AvgIpc) is 3.34. The van der Waals surface area contributed by atoms with Crippen LogP contribution >= 0.6 is 0 Å². The second kappa shape index (κ2) is 10.4. The number of nitrogens with zero attached hydrogens (tertiary/aromatic N) is 2. The van der Waals surface area contributed by atoms with E-state index in [0.29, 0.717) is 30.1 Å². The summed E-state index contributed by atoms with van der Waals surface area (Å²) in [7, 11) is 0. The Hall–Kier alpha value is -3.55. The van der Waals surface area contributed by atoms with Crippen molar-refractivity contribution in [1.82, 2.24) is 15.2 Å². The van der Waals surface area contributed by atoms with Crippen LogP contribution in [0.3, 0.4) is 0 Å². The Labute approximate surface area is 190 Å². The summed E-state index contributed by atoms with van der Waals surface area (Å²) in [6, 6.07) is 11.0. The van der Waals surface area contributed by atoms with Gasteiger partial charge in [0.25, 0.3) is 5.91 Å². The number of carbonyl (C=O) groups excluding carboxylic acids is 2. The lowest BCUT2D eigenvalue weighted by Gasteiger charge is -2.25. The van der Waals surface area contributed by atoms with Gasteiger partial charge in [-0.15, -0.1) is 0 Å². The zero-order valence-corrected chi connectivity index (χ0v) is 18.2. The zero-order chi connectivity index (χ0) is 23.2. The summed E-state index contributed by atoms with van der Waals surface area (Å²) in [5, 5.41) is 2.81. The summed E-state index contributed by atoms with van der Waals surface area (Å²) in [6.45, 7) is 1.84. The molecule has 1 aliphatic rings. The maximum atomic E-state index is 13.2. The first kappa shape index (κ1) is 22.6. The van der Waals surface area contributed by atoms with Gasteiger partial charge in [-0.3, -0.25) is 9.59 Å². The highest BCUT2D eigenvalue weighted by Gasteiger charge is 2.21. The molecule has 0 aliphatic carbocycles. The van der Waals surface area contributed by atoms with Gasteiger partial charge in [-0.05, 0) is 61.1 Å². The van der Waals surface area contributed by atoms with Gasteiger partial charge in [-0.25, -0.2) is 13.8 Å². The summed E-state index contributed by atoms with van der Waals surface area (Å²) in [5.74, 6) is -1.73. The predicted molar refractivity (Wildman–Crippen MR) is 118 cm³/mol. The molecule has 0 bridgehead atoms. The molecule has 172 valence electrons. The molecule has 0 radical (unpaired) electrons. The maximum Gasteiger partial charge on any atom is 0.275 e. The van der Waals surface area contributed by atoms with Gasteiger partial charge >= 0.3 is 0 Å². The van der Waals surface area contributed by atoms with Crippen LogP contribution < -0.4 is 5.32 Å². The van der Waals surface area contributed by atoms with Crippen molar-refractivity contribution in [1.29, 1.82) is 0 Å². The minimum Gasteiger partial charge on any atom is -0.444 e. The highest BCUT2D eigenvalue weighted by Crippen LogP contribution is 2.21. The fourth-order valence-corrected chi connectivity index (χ4v) is 3.77. The summed E-state index contributed by atoms with van der Waals surface area (Å²) < 4.78 is 31.7. The molecular weight excluding hydrogens is 428 g/mol. The topological polar surface area (TPSA) is 75.4 Å². The van der Waals surface area contributed by atoms with Gasteiger partial charge in [0.05, 0.1) is 0 Å². The number of benzene rings is 2. The second-order valence-corrected chi connectivity index (χ2v) is 8.11. The minimum atomic E-state index is -0.915. The number of hydrogen-bond acceptors (Lipinski definition) is 4. The number of halogens is 2. The molecule has 1 fully saturated rings. The van der Waals surface area contributed by atoms with Crippen LogP contribution in [0.5, 0.6) is 0 Å². The molecule has 0 unspecified atom stereocenters. The molecule has 6 nitrogen and oxygen atoms in total. The van der Waals surface area contributed by atoms with E-state index in [0.717, 1.165) is 55.6 Å². The maximum absolute atomic E-state index is 13.2. The molecule has 2 aromatic carbocycles. The third-order valence-corrected chi connectivity index (χ3v) is 5.68. The number of likely N-dealkylation sites (tertiary alicyclic amines) is 1. The van der Waals surface area contributed by atoms with Crippen molar-refractivity contribution in [2.75, 3.05) is 13.1 Å². The number of amides is 2. The Morgan fingerprint density at radius 1 is 0.970 bits per heavy atom. The van der Waals surface area contributed by atoms with Crippen molar-refractivity contribution in [3.8, 4) is 11.5 Å². The van der Waals surface area contributed by atoms with E-state index in [1.54, 1.807) is 0 Å². The van der Waals surface area contributed by atoms with Crippen LogP contribution in [0, 0.1) is 11.6 Å². The highest BCUT2D eigenvalue weighted by molar-refractivity contribution is 5.92. The van der Waals surface area contributed by atoms with E-state index in [1.807, 2.05) is 29.2 Å². The summed E-state index contributed by atoms with van der Waals surface area (Å²) >= 11 is 0. The number of carbonyl (C=O) groups is 2. The molecule has 2 heterocycles. The lowest BCUT2D eigenvalue weighted by Crippen LogP contribution is -2.35. The standard InChI is InChI=1S/C25H25F2N3O3/c26-20-10-6-17(14-21(20)27)7-11-23(31)28-15-18-4-8-19(9-5-18)24-29-22(16-33-24)25(32)30-12-2-1-3-13-30/h4-6,8-10,14,16H,1-3,7,11-13,15H2,(H,28,31). The third kappa shape index (κ3) is 5.83. The molecule has 2 amide bonds. The molecule has 1 aromatic heterocycles. The number of aromatic nitrogens is 1. The van der Waals surface area contributed by atoms with Gasteiger partial charge in [0, 0.05) is 31.6 Å². The van der Waals surface area contributed by atoms with E-state index in [1.165, 1.54) is 12.3 Å². The lowest BCUT2D eigenvalue weighted by atomic mass is 10.1. The normalized spacial score (nSPS) is 13.7. The Morgan fingerprint density at radius 2 is 1.70 bits per heavy atom. The SMILES string of the molecule is O=C(CCc1ccc(F)c(F)c1)NCc1ccc(-c2nc(C(=O)N3CCCCC3)co2)cc1. The first-order valence-corrected chi connectivity index (χ1v) is 11.0. The second-order valence-electron chi connectivity index (χ2n) is 8.11. The van der Waals surface area contributed by atoms with E-state index >= 15 is 0 Å². The van der Waals surface area contributed by atoms with Gasteiger partial charge in [-0.2, -0.15) is 0 Å². The number of piperidine rings is 1. The fraction of sp³-hybridized carbons (Fsp3) is 0.320. The first-order valence-electron chi connectivity index (χ1n) is 11.0. The minimum absolute atomic E-state index is 0.104. The van der Waals surface area contributed by atoms with Crippen LogP contribution in [0.15, 0.2) is 53.1 Å². The number of oxazole rings is 1. The van der Waals surface area contributed by atoms with E-state index < -0.39 is 11.6 Å². The van der Waals surface area contributed by atoms with Gasteiger partial charge in [0.1, 0.15) is 6.26 Å². The molecule has 1 aliphatic heterocycles. The zero-order valence-electron chi connectivity index (χ0n) is 18.2. The van der Waals surface area contributed by atoms with E-state index in [-0.39, 0.29) is 18.2 Å². The Kier molecular flexibility index (Phi) is 7.12. The van der Waals surface area contributed by atoms with Crippen LogP contribution in [0.2, 0.25) is 0 Å². The van der Waals surface area contributed by atoms with Crippen molar-refractivity contribution >= 4 is 11.8 Å². The van der Waals surface area contributed by atoms with Crippen LogP contribution in [0.25, 0.3) is 11.5 Å². The fourth-order valence-electron chi connectivity index (χ4n) is 3.77. The lowest BCUT2D eigenvalue weighted by molar-refractivity contribution is -0.121. The van der Waals surface area contributed by atoms with Gasteiger partial charge in [0.2, 0.25) is 11.8 Å². The van der Waals surface area contributed by atoms with Crippen LogP contribution in [-0.2, 0) is 17.8 Å². The quantitative estimate of drug-likeness (QED) is 0.572. The van der Waals surface area contributed by atoms with Crippen LogP contribution in [0.4, 0.5) is 8.78 Å². The summed E-state index contributed by atoms with van der Waals surface area (Å²) in [4.78, 5) is 30.8. The van der Waals surface area contributed by atoms with Crippen molar-refractivity contribution in [3.63, 3.8) is 0 Å². The van der Waals surface area contributed by atoms with Crippen LogP contribution in [-0.4, -0.2) is 34.8 Å². The largest absolute Gasteiger partial charge is 0.444 e. The smallest absolute Gasteiger partial charge is 0.275 e. The molecule has 8 heteroatoms. The van der Waals surface area contributed by atoms with Crippen molar-refractivity contribution in [2.45, 2.75) is 38.6 Å². The van der Waals surface area contributed by atoms with Gasteiger partial charge in [-0.1, -0.05) is 18.2 Å². The average molecular weight is 453 g/mol. The van der Waals surface area contributed by atoms with Crippen molar-refractivity contribution in [2.24, 2.45) is 0 Å². The van der Waals surface area contributed by atoms with Gasteiger partial charge in [0.15, 0.2) is 17.3 Å². The van der Waals surface area contributed by atoms with E-state index in [4.69, 9.17) is 4.42 Å². The van der Waals surface area contributed by atoms with Crippen LogP contribution in [0.1, 0.15) is 47.3 Å². The molecule has 0 saturated carbocycles. The highest BCUT2D eigenvalue weighted by atomic mass is 19.2. The Bertz CT molecular complexity index is 1120. The third-order valence-electron chi connectivity index (χ3n) is 5.68. The van der Waals surface area contributed by atoms with Gasteiger partial charge < -0.3 is 14.6 Å². The number of nitrogens with one attached hydrogen (secondary N) is 1. The number of rotatable bonds is 7. The molecule has 0 atom stereocenters.